The standard InChI is InChI=1S/C8H11N3O/c9-6-1-2-7-5(3-6)4-10-8(12)11-7/h4,6H,1-3,9H2,(H,10,11,12)/t6-/m1/s1. The van der Waals surface area contributed by atoms with Crippen LogP contribution < -0.4 is 11.4 Å². The maximum absolute atomic E-state index is 10.8. The quantitative estimate of drug-likeness (QED) is 0.548. The number of nitrogens with one attached hydrogen (secondary N) is 1. The van der Waals surface area contributed by atoms with Gasteiger partial charge in [0.25, 0.3) is 0 Å². The van der Waals surface area contributed by atoms with Crippen molar-refractivity contribution in [3.8, 4) is 0 Å². The number of aryl methyl sites for hydroxylation is 1. The minimum absolute atomic E-state index is 0.227. The van der Waals surface area contributed by atoms with Crippen LogP contribution in [0.3, 0.4) is 0 Å². The topological polar surface area (TPSA) is 71.8 Å². The molecule has 0 bridgehead atoms. The third kappa shape index (κ3) is 1.25. The first kappa shape index (κ1) is 7.49. The molecule has 1 aromatic rings. The number of H-pyrrole nitrogens is 1. The highest BCUT2D eigenvalue weighted by molar-refractivity contribution is 5.20. The molecule has 0 aliphatic heterocycles. The zero-order valence-corrected chi connectivity index (χ0v) is 6.71. The van der Waals surface area contributed by atoms with E-state index in [0.29, 0.717) is 0 Å². The Kier molecular flexibility index (Phi) is 1.69. The highest BCUT2D eigenvalue weighted by atomic mass is 16.1. The molecule has 1 aromatic heterocycles. The zero-order valence-electron chi connectivity index (χ0n) is 6.71. The van der Waals surface area contributed by atoms with Gasteiger partial charge in [0.2, 0.25) is 0 Å². The molecule has 3 N–H and O–H groups in total. The second kappa shape index (κ2) is 2.71. The fourth-order valence-electron chi connectivity index (χ4n) is 1.57. The van der Waals surface area contributed by atoms with Crippen LogP contribution >= 0.6 is 0 Å². The summed E-state index contributed by atoms with van der Waals surface area (Å²) in [6.07, 6.45) is 4.29. The lowest BCUT2D eigenvalue weighted by molar-refractivity contribution is 0.561. The Morgan fingerprint density at radius 2 is 2.50 bits per heavy atom. The van der Waals surface area contributed by atoms with E-state index in [-0.39, 0.29) is 11.7 Å². The second-order valence-electron chi connectivity index (χ2n) is 3.20. The molecule has 1 aliphatic carbocycles. The normalized spacial score (nSPS) is 21.9. The van der Waals surface area contributed by atoms with E-state index < -0.39 is 0 Å². The average molecular weight is 165 g/mol. The maximum Gasteiger partial charge on any atom is 0.345 e. The fraction of sp³-hybridized carbons (Fsp3) is 0.500. The number of hydrogen-bond acceptors (Lipinski definition) is 3. The molecule has 1 aliphatic rings. The summed E-state index contributed by atoms with van der Waals surface area (Å²) in [6, 6.07) is 0.227. The van der Waals surface area contributed by atoms with Gasteiger partial charge in [-0.25, -0.2) is 9.78 Å². The van der Waals surface area contributed by atoms with Crippen LogP contribution in [0.5, 0.6) is 0 Å². The number of rotatable bonds is 0. The predicted octanol–water partition coefficient (Wildman–Crippen LogP) is -0.414. The number of nitrogens with two attached hydrogens (primary N) is 1. The summed E-state index contributed by atoms with van der Waals surface area (Å²) in [6.45, 7) is 0. The minimum Gasteiger partial charge on any atom is -0.327 e. The van der Waals surface area contributed by atoms with Crippen molar-refractivity contribution in [1.29, 1.82) is 0 Å². The van der Waals surface area contributed by atoms with E-state index in [9.17, 15) is 4.79 Å². The van der Waals surface area contributed by atoms with Gasteiger partial charge in [-0.1, -0.05) is 0 Å². The van der Waals surface area contributed by atoms with Crippen LogP contribution in [0.15, 0.2) is 11.0 Å². The van der Waals surface area contributed by atoms with E-state index in [2.05, 4.69) is 9.97 Å². The van der Waals surface area contributed by atoms with Crippen LogP contribution in [0.1, 0.15) is 17.7 Å². The van der Waals surface area contributed by atoms with Crippen molar-refractivity contribution in [2.24, 2.45) is 5.73 Å². The van der Waals surface area contributed by atoms with Crippen LogP contribution in [-0.2, 0) is 12.8 Å². The Labute approximate surface area is 69.8 Å². The highest BCUT2D eigenvalue weighted by Crippen LogP contribution is 2.15. The largest absolute Gasteiger partial charge is 0.345 e. The molecule has 0 spiro atoms. The number of hydrogen-bond donors (Lipinski definition) is 2. The van der Waals surface area contributed by atoms with Gasteiger partial charge < -0.3 is 10.7 Å². The molecule has 1 heterocycles. The molecule has 1 atom stereocenters. The van der Waals surface area contributed by atoms with Gasteiger partial charge in [-0.05, 0) is 24.8 Å². The molecule has 4 heteroatoms. The Morgan fingerprint density at radius 1 is 1.67 bits per heavy atom. The molecule has 12 heavy (non-hydrogen) atoms. The van der Waals surface area contributed by atoms with Crippen LogP contribution in [0, 0.1) is 0 Å². The highest BCUT2D eigenvalue weighted by Gasteiger charge is 2.15. The Bertz CT molecular complexity index is 344. The van der Waals surface area contributed by atoms with Crippen molar-refractivity contribution < 1.29 is 0 Å². The van der Waals surface area contributed by atoms with Crippen molar-refractivity contribution in [3.05, 3.63) is 27.9 Å². The first-order chi connectivity index (χ1) is 5.75. The fourth-order valence-corrected chi connectivity index (χ4v) is 1.57. The van der Waals surface area contributed by atoms with Crippen LogP contribution in [0.25, 0.3) is 0 Å². The second-order valence-corrected chi connectivity index (χ2v) is 3.20. The van der Waals surface area contributed by atoms with Crippen LogP contribution in [0.2, 0.25) is 0 Å². The third-order valence-electron chi connectivity index (χ3n) is 2.23. The number of aromatic amines is 1. The molecule has 0 aromatic carbocycles. The molecule has 0 saturated carbocycles. The molecule has 0 fully saturated rings. The predicted molar refractivity (Wildman–Crippen MR) is 44.9 cm³/mol. The number of aromatic nitrogens is 2. The van der Waals surface area contributed by atoms with E-state index in [1.54, 1.807) is 6.20 Å². The van der Waals surface area contributed by atoms with Gasteiger partial charge in [-0.3, -0.25) is 0 Å². The molecule has 4 nitrogen and oxygen atoms in total. The molecule has 0 unspecified atom stereocenters. The summed E-state index contributed by atoms with van der Waals surface area (Å²) in [5, 5.41) is 0. The SMILES string of the molecule is N[C@@H]1CCc2[nH]c(=O)ncc2C1. The van der Waals surface area contributed by atoms with Crippen LogP contribution in [0.4, 0.5) is 0 Å². The lowest BCUT2D eigenvalue weighted by Gasteiger charge is -2.19. The minimum atomic E-state index is -0.260. The van der Waals surface area contributed by atoms with E-state index in [0.717, 1.165) is 30.5 Å². The molecule has 2 rings (SSSR count). The average Bonchev–Trinajstić information content (AvgIpc) is 2.05. The van der Waals surface area contributed by atoms with E-state index in [1.807, 2.05) is 0 Å². The summed E-state index contributed by atoms with van der Waals surface area (Å²) in [7, 11) is 0. The summed E-state index contributed by atoms with van der Waals surface area (Å²) in [4.78, 5) is 17.2. The summed E-state index contributed by atoms with van der Waals surface area (Å²) < 4.78 is 0. The first-order valence-electron chi connectivity index (χ1n) is 4.08. The van der Waals surface area contributed by atoms with Crippen molar-refractivity contribution >= 4 is 0 Å². The van der Waals surface area contributed by atoms with Crippen molar-refractivity contribution in [2.45, 2.75) is 25.3 Å². The lowest BCUT2D eigenvalue weighted by Crippen LogP contribution is -2.30. The lowest BCUT2D eigenvalue weighted by atomic mass is 9.94. The van der Waals surface area contributed by atoms with Crippen LogP contribution in [-0.4, -0.2) is 16.0 Å². The van der Waals surface area contributed by atoms with E-state index >= 15 is 0 Å². The van der Waals surface area contributed by atoms with Gasteiger partial charge in [-0.2, -0.15) is 0 Å². The Morgan fingerprint density at radius 3 is 3.33 bits per heavy atom. The number of nitrogens with zero attached hydrogens (tertiary/aromatic N) is 1. The smallest absolute Gasteiger partial charge is 0.327 e. The Balaban J connectivity index is 2.43. The van der Waals surface area contributed by atoms with Gasteiger partial charge in [0.15, 0.2) is 0 Å². The molecule has 64 valence electrons. The van der Waals surface area contributed by atoms with Crippen molar-refractivity contribution in [3.63, 3.8) is 0 Å². The third-order valence-corrected chi connectivity index (χ3v) is 2.23. The molecule has 0 radical (unpaired) electrons. The van der Waals surface area contributed by atoms with E-state index in [1.165, 1.54) is 0 Å². The summed E-state index contributed by atoms with van der Waals surface area (Å²) in [5.41, 5.74) is 7.61. The van der Waals surface area contributed by atoms with Crippen molar-refractivity contribution in [2.75, 3.05) is 0 Å². The maximum atomic E-state index is 10.8. The van der Waals surface area contributed by atoms with Gasteiger partial charge in [-0.15, -0.1) is 0 Å². The van der Waals surface area contributed by atoms with E-state index in [4.69, 9.17) is 5.73 Å². The van der Waals surface area contributed by atoms with Gasteiger partial charge in [0.1, 0.15) is 0 Å². The van der Waals surface area contributed by atoms with Gasteiger partial charge in [0.05, 0.1) is 0 Å². The monoisotopic (exact) mass is 165 g/mol. The van der Waals surface area contributed by atoms with Gasteiger partial charge >= 0.3 is 5.69 Å². The van der Waals surface area contributed by atoms with Gasteiger partial charge in [0, 0.05) is 17.9 Å². The number of fused-ring (bicyclic) bond motifs is 1. The molecular formula is C8H11N3O. The molecule has 0 saturated heterocycles. The molecular weight excluding hydrogens is 154 g/mol. The summed E-state index contributed by atoms with van der Waals surface area (Å²) >= 11 is 0. The Hall–Kier alpha value is -1.16. The molecule has 0 amide bonds. The first-order valence-corrected chi connectivity index (χ1v) is 4.08. The van der Waals surface area contributed by atoms with Crippen molar-refractivity contribution in [1.82, 2.24) is 9.97 Å². The zero-order chi connectivity index (χ0) is 8.55. The summed E-state index contributed by atoms with van der Waals surface area (Å²) in [5.74, 6) is 0.